The maximum absolute atomic E-state index is 9.02. The van der Waals surface area contributed by atoms with Crippen LogP contribution in [-0.4, -0.2) is 9.57 Å². The summed E-state index contributed by atoms with van der Waals surface area (Å²) in [5, 5.41) is 0. The van der Waals surface area contributed by atoms with Crippen LogP contribution >= 0.6 is 0 Å². The third-order valence-electron chi connectivity index (χ3n) is 0.0722. The van der Waals surface area contributed by atoms with Crippen LogP contribution in [-0.2, 0) is 23.7 Å². The quantitative estimate of drug-likeness (QED) is 0.472. The summed E-state index contributed by atoms with van der Waals surface area (Å²) in [5.41, 5.74) is 11.5. The Hall–Kier alpha value is -1.12. The Morgan fingerprint density at radius 1 is 0.889 bits per heavy atom. The molecule has 0 saturated carbocycles. The van der Waals surface area contributed by atoms with Crippen molar-refractivity contribution >= 4 is 9.57 Å². The van der Waals surface area contributed by atoms with Crippen LogP contribution in [0.25, 0.3) is 11.2 Å². The molecule has 0 unspecified atom stereocenters. The molecule has 0 aromatic carbocycles. The predicted octanol–water partition coefficient (Wildman–Crippen LogP) is -0.152. The second-order valence-electron chi connectivity index (χ2n) is 0.233. The van der Waals surface area contributed by atoms with Crippen molar-refractivity contribution < 1.29 is 23.7 Å². The Morgan fingerprint density at radius 3 is 1.11 bits per heavy atom. The van der Waals surface area contributed by atoms with Gasteiger partial charge in [0.1, 0.15) is 0 Å². The predicted molar refractivity (Wildman–Crippen MR) is 24.8 cm³/mol. The number of rotatable bonds is 0. The van der Waals surface area contributed by atoms with Gasteiger partial charge in [0.25, 0.3) is 0 Å². The molecule has 0 N–H and O–H groups in total. The standard InChI is InChI=1S/2CO.Fe.2NO/c2*1-2;;2*1-2/q;;;2*-1. The van der Waals surface area contributed by atoms with Crippen LogP contribution in [0.1, 0.15) is 0 Å². The average molecular weight is 172 g/mol. The Kier molecular flexibility index (Phi) is 117. The molecule has 0 aliphatic rings. The molecule has 0 heterocycles. The first kappa shape index (κ1) is 15.7. The molecule has 0 atom stereocenters. The smallest absolute Gasteiger partial charge is 0.423 e. The Morgan fingerprint density at radius 2 is 1.11 bits per heavy atom. The average Bonchev–Trinajstić information content (AvgIpc) is 1.98. The molecule has 0 bridgehead atoms. The van der Waals surface area contributed by atoms with Crippen molar-refractivity contribution in [1.29, 1.82) is 0 Å². The zero-order valence-electron chi connectivity index (χ0n) is 3.88. The zero-order valence-corrected chi connectivity index (χ0v) is 4.99. The fraction of sp³-hybridized carbons (Fsp3) is 0. The van der Waals surface area contributed by atoms with Crippen molar-refractivity contribution in [2.45, 2.75) is 0 Å². The summed E-state index contributed by atoms with van der Waals surface area (Å²) in [6.07, 6.45) is 0. The number of nitrogens with zero attached hydrogens (tertiary/aromatic N) is 2. The van der Waals surface area contributed by atoms with E-state index in [0.29, 0.717) is 0 Å². The van der Waals surface area contributed by atoms with Crippen molar-refractivity contribution in [2.24, 2.45) is 0 Å². The Balaban J connectivity index is -0.0000000771. The number of carbonyl (C=O) groups excluding carboxylic acids is 2. The first-order valence-electron chi connectivity index (χ1n) is 1.13. The van der Waals surface area contributed by atoms with Crippen LogP contribution in [0.3, 0.4) is 0 Å². The van der Waals surface area contributed by atoms with Gasteiger partial charge in [0.2, 0.25) is 0 Å². The molecule has 0 spiro atoms. The third-order valence-corrected chi connectivity index (χ3v) is 0.298. The Labute approximate surface area is 55.0 Å². The van der Waals surface area contributed by atoms with E-state index in [4.69, 9.17) is 30.6 Å². The maximum atomic E-state index is 9.02. The molecule has 9 heavy (non-hydrogen) atoms. The molecule has 0 aromatic rings. The molecule has 0 radical (unpaired) electrons. The molecule has 0 aromatic heterocycles. The van der Waals surface area contributed by atoms with E-state index in [9.17, 15) is 0 Å². The second-order valence-corrected chi connectivity index (χ2v) is 0.960. The SMILES string of the molecule is O=[C]=[Fe]=[C]=O.[N-]=O.[N-]=O. The largest absolute Gasteiger partial charge is 0.577 e. The van der Waals surface area contributed by atoms with Gasteiger partial charge in [0.15, 0.2) is 0 Å². The molecular weight excluding hydrogens is 172 g/mol. The number of nitroso groups, excluding NO2 is 2. The molecule has 0 aliphatic carbocycles. The van der Waals surface area contributed by atoms with E-state index in [0.717, 1.165) is 0 Å². The van der Waals surface area contributed by atoms with Gasteiger partial charge >= 0.3 is 33.2 Å². The van der Waals surface area contributed by atoms with Gasteiger partial charge in [-0.25, -0.2) is 0 Å². The fourth-order valence-corrected chi connectivity index (χ4v) is 0.0607. The molecule has 7 heteroatoms. The van der Waals surface area contributed by atoms with Crippen LogP contribution in [0.5, 0.6) is 0 Å². The minimum Gasteiger partial charge on any atom is -0.577 e. The van der Waals surface area contributed by atoms with Crippen molar-refractivity contribution in [3.05, 3.63) is 21.0 Å². The monoisotopic (exact) mass is 172 g/mol. The van der Waals surface area contributed by atoms with Crippen LogP contribution in [0.4, 0.5) is 0 Å². The van der Waals surface area contributed by atoms with E-state index in [1.54, 1.807) is 0 Å². The summed E-state index contributed by atoms with van der Waals surface area (Å²) in [7, 11) is 0. The maximum Gasteiger partial charge on any atom is -0.423 e. The molecule has 0 fully saturated rings. The fourth-order valence-electron chi connectivity index (χ4n) is 0.0147. The van der Waals surface area contributed by atoms with Gasteiger partial charge in [-0.05, 0) is 0 Å². The van der Waals surface area contributed by atoms with Gasteiger partial charge in [-0.2, -0.15) is 0 Å². The van der Waals surface area contributed by atoms with E-state index < -0.39 is 0 Å². The Bertz CT molecular complexity index is 129. The molecule has 0 rings (SSSR count). The minimum atomic E-state index is -0.222. The van der Waals surface area contributed by atoms with E-state index >= 15 is 0 Å². The van der Waals surface area contributed by atoms with Gasteiger partial charge in [-0.3, -0.25) is 0 Å². The molecule has 6 nitrogen and oxygen atoms in total. The van der Waals surface area contributed by atoms with Crippen LogP contribution in [0.15, 0.2) is 0 Å². The first-order chi connectivity index (χ1) is 4.41. The summed E-state index contributed by atoms with van der Waals surface area (Å²) in [5.74, 6) is 0. The molecule has 0 amide bonds. The summed E-state index contributed by atoms with van der Waals surface area (Å²) in [4.78, 5) is 35.2. The summed E-state index contributed by atoms with van der Waals surface area (Å²) < 4.78 is 0. The van der Waals surface area contributed by atoms with Crippen molar-refractivity contribution in [2.75, 3.05) is 0 Å². The van der Waals surface area contributed by atoms with E-state index in [1.807, 2.05) is 0 Å². The van der Waals surface area contributed by atoms with E-state index in [2.05, 4.69) is 0 Å². The summed E-state index contributed by atoms with van der Waals surface area (Å²) in [6.45, 7) is 0. The number of hydrogen-bond donors (Lipinski definition) is 0. The minimum absolute atomic E-state index is 0.222. The zero-order chi connectivity index (χ0) is 8.12. The van der Waals surface area contributed by atoms with Gasteiger partial charge < -0.3 is 21.0 Å². The topological polar surface area (TPSA) is 113 Å². The molecule has 52 valence electrons. The van der Waals surface area contributed by atoms with Gasteiger partial charge in [0.05, 0.1) is 0 Å². The molecular formula is C2FeN2O4-2. The normalized spacial score (nSPS) is 3.56. The van der Waals surface area contributed by atoms with Crippen LogP contribution in [0, 0.1) is 9.81 Å². The molecule has 0 saturated heterocycles. The van der Waals surface area contributed by atoms with Gasteiger partial charge in [-0.15, -0.1) is 0 Å². The van der Waals surface area contributed by atoms with Gasteiger partial charge in [-0.1, -0.05) is 0 Å². The molecule has 0 aliphatic heterocycles. The van der Waals surface area contributed by atoms with Crippen molar-refractivity contribution in [1.82, 2.24) is 0 Å². The van der Waals surface area contributed by atoms with Crippen molar-refractivity contribution in [3.63, 3.8) is 0 Å². The van der Waals surface area contributed by atoms with Crippen LogP contribution in [0.2, 0.25) is 0 Å². The van der Waals surface area contributed by atoms with Gasteiger partial charge in [0, 0.05) is 0 Å². The summed E-state index contributed by atoms with van der Waals surface area (Å²) >= 11 is -0.222. The first-order valence-corrected chi connectivity index (χ1v) is 2.23. The van der Waals surface area contributed by atoms with E-state index in [1.165, 1.54) is 9.57 Å². The summed E-state index contributed by atoms with van der Waals surface area (Å²) in [6, 6.07) is 0. The van der Waals surface area contributed by atoms with Crippen molar-refractivity contribution in [3.8, 4) is 0 Å². The third kappa shape index (κ3) is 212. The van der Waals surface area contributed by atoms with E-state index in [-0.39, 0.29) is 14.1 Å². The number of hydrogen-bond acceptors (Lipinski definition) is 4. The second kappa shape index (κ2) is 67.3. The van der Waals surface area contributed by atoms with Crippen LogP contribution < -0.4 is 0 Å².